The topological polar surface area (TPSA) is 47.3 Å². The number of rotatable bonds is 4. The van der Waals surface area contributed by atoms with Gasteiger partial charge in [0.25, 0.3) is 0 Å². The Bertz CT molecular complexity index is 780. The number of hydrogen-bond acceptors (Lipinski definition) is 3. The molecule has 0 aliphatic carbocycles. The smallest absolute Gasteiger partial charge is 0.227 e. The van der Waals surface area contributed by atoms with E-state index in [1.54, 1.807) is 0 Å². The van der Waals surface area contributed by atoms with E-state index in [1.165, 1.54) is 5.56 Å². The number of benzene rings is 2. The van der Waals surface area contributed by atoms with Gasteiger partial charge in [-0.2, -0.15) is 5.26 Å². The Labute approximate surface area is 163 Å². The SMILES string of the molecule is N#Cc1ccc(CN2CCCN(C(=O)Cc3ccc(Br)cc3)CC2)cc1. The van der Waals surface area contributed by atoms with Crippen LogP contribution < -0.4 is 0 Å². The molecule has 0 atom stereocenters. The van der Waals surface area contributed by atoms with Gasteiger partial charge >= 0.3 is 0 Å². The standard InChI is InChI=1S/C21H22BrN3O/c22-20-8-6-17(7-9-20)14-21(26)25-11-1-10-24(12-13-25)16-19-4-2-18(15-23)3-5-19/h2-9H,1,10-14,16H2. The third kappa shape index (κ3) is 5.17. The number of amides is 1. The summed E-state index contributed by atoms with van der Waals surface area (Å²) in [6.45, 7) is 4.32. The molecule has 1 amide bonds. The third-order valence-electron chi connectivity index (χ3n) is 4.70. The Kier molecular flexibility index (Phi) is 6.43. The van der Waals surface area contributed by atoms with Crippen LogP contribution in [0, 0.1) is 11.3 Å². The fraction of sp³-hybridized carbons (Fsp3) is 0.333. The summed E-state index contributed by atoms with van der Waals surface area (Å²) in [5, 5.41) is 8.89. The Morgan fingerprint density at radius 3 is 2.35 bits per heavy atom. The number of hydrogen-bond donors (Lipinski definition) is 0. The lowest BCUT2D eigenvalue weighted by atomic mass is 10.1. The van der Waals surface area contributed by atoms with E-state index in [9.17, 15) is 4.79 Å². The molecule has 0 bridgehead atoms. The van der Waals surface area contributed by atoms with Crippen LogP contribution in [0.25, 0.3) is 0 Å². The summed E-state index contributed by atoms with van der Waals surface area (Å²) in [4.78, 5) is 17.0. The van der Waals surface area contributed by atoms with Crippen molar-refractivity contribution < 1.29 is 4.79 Å². The predicted molar refractivity (Wildman–Crippen MR) is 105 cm³/mol. The zero-order chi connectivity index (χ0) is 18.4. The Morgan fingerprint density at radius 2 is 1.65 bits per heavy atom. The van der Waals surface area contributed by atoms with E-state index < -0.39 is 0 Å². The van der Waals surface area contributed by atoms with Crippen molar-refractivity contribution in [3.05, 3.63) is 69.7 Å². The van der Waals surface area contributed by atoms with E-state index in [0.29, 0.717) is 12.0 Å². The lowest BCUT2D eigenvalue weighted by Gasteiger charge is -2.22. The first-order valence-electron chi connectivity index (χ1n) is 8.87. The maximum absolute atomic E-state index is 12.6. The van der Waals surface area contributed by atoms with Crippen LogP contribution >= 0.6 is 15.9 Å². The van der Waals surface area contributed by atoms with Crippen molar-refractivity contribution in [1.82, 2.24) is 9.80 Å². The molecule has 0 spiro atoms. The molecule has 1 heterocycles. The number of halogens is 1. The number of nitrogens with zero attached hydrogens (tertiary/aromatic N) is 3. The van der Waals surface area contributed by atoms with E-state index in [-0.39, 0.29) is 5.91 Å². The predicted octanol–water partition coefficient (Wildman–Crippen LogP) is 3.60. The monoisotopic (exact) mass is 411 g/mol. The Morgan fingerprint density at radius 1 is 0.962 bits per heavy atom. The largest absolute Gasteiger partial charge is 0.341 e. The minimum atomic E-state index is 0.201. The molecule has 4 nitrogen and oxygen atoms in total. The highest BCUT2D eigenvalue weighted by atomic mass is 79.9. The van der Waals surface area contributed by atoms with Crippen molar-refractivity contribution in [2.75, 3.05) is 26.2 Å². The van der Waals surface area contributed by atoms with Gasteiger partial charge in [-0.3, -0.25) is 9.69 Å². The summed E-state index contributed by atoms with van der Waals surface area (Å²) in [5.74, 6) is 0.201. The number of nitriles is 1. The first-order chi connectivity index (χ1) is 12.6. The Hall–Kier alpha value is -2.16. The van der Waals surface area contributed by atoms with Crippen LogP contribution in [0.15, 0.2) is 53.0 Å². The van der Waals surface area contributed by atoms with Gasteiger partial charge in [-0.15, -0.1) is 0 Å². The molecule has 0 aromatic heterocycles. The summed E-state index contributed by atoms with van der Waals surface area (Å²) in [5.41, 5.74) is 2.95. The molecule has 0 N–H and O–H groups in total. The molecule has 5 heteroatoms. The van der Waals surface area contributed by atoms with Crippen molar-refractivity contribution in [2.24, 2.45) is 0 Å². The average molecular weight is 412 g/mol. The normalized spacial score (nSPS) is 15.3. The molecule has 0 unspecified atom stereocenters. The summed E-state index contributed by atoms with van der Waals surface area (Å²) in [6.07, 6.45) is 1.45. The van der Waals surface area contributed by atoms with Gasteiger partial charge in [-0.1, -0.05) is 40.2 Å². The second kappa shape index (κ2) is 8.98. The first kappa shape index (κ1) is 18.6. The van der Waals surface area contributed by atoms with Gasteiger partial charge in [0.05, 0.1) is 18.1 Å². The molecule has 134 valence electrons. The summed E-state index contributed by atoms with van der Waals surface area (Å²) >= 11 is 3.42. The molecule has 2 aromatic carbocycles. The van der Waals surface area contributed by atoms with Gasteiger partial charge in [-0.05, 0) is 41.8 Å². The minimum absolute atomic E-state index is 0.201. The van der Waals surface area contributed by atoms with Gasteiger partial charge in [0.2, 0.25) is 5.91 Å². The van der Waals surface area contributed by atoms with Gasteiger partial charge in [0.1, 0.15) is 0 Å². The van der Waals surface area contributed by atoms with E-state index in [1.807, 2.05) is 53.4 Å². The van der Waals surface area contributed by atoms with Crippen molar-refractivity contribution in [3.8, 4) is 6.07 Å². The highest BCUT2D eigenvalue weighted by molar-refractivity contribution is 9.10. The van der Waals surface area contributed by atoms with E-state index in [0.717, 1.165) is 49.2 Å². The first-order valence-corrected chi connectivity index (χ1v) is 9.67. The maximum atomic E-state index is 12.6. The third-order valence-corrected chi connectivity index (χ3v) is 5.23. The van der Waals surface area contributed by atoms with Gasteiger partial charge < -0.3 is 4.90 Å². The number of carbonyl (C=O) groups excluding carboxylic acids is 1. The zero-order valence-corrected chi connectivity index (χ0v) is 16.3. The van der Waals surface area contributed by atoms with Crippen LogP contribution in [0.4, 0.5) is 0 Å². The molecule has 1 aliphatic heterocycles. The van der Waals surface area contributed by atoms with E-state index in [4.69, 9.17) is 5.26 Å². The molecule has 0 saturated carbocycles. The van der Waals surface area contributed by atoms with E-state index >= 15 is 0 Å². The lowest BCUT2D eigenvalue weighted by molar-refractivity contribution is -0.130. The van der Waals surface area contributed by atoms with Crippen LogP contribution in [0.1, 0.15) is 23.1 Å². The van der Waals surface area contributed by atoms with E-state index in [2.05, 4.69) is 26.9 Å². The molecular formula is C21H22BrN3O. The van der Waals surface area contributed by atoms with Crippen molar-refractivity contribution >= 4 is 21.8 Å². The average Bonchev–Trinajstić information content (AvgIpc) is 2.90. The zero-order valence-electron chi connectivity index (χ0n) is 14.7. The minimum Gasteiger partial charge on any atom is -0.341 e. The molecular weight excluding hydrogens is 390 g/mol. The summed E-state index contributed by atoms with van der Waals surface area (Å²) < 4.78 is 1.03. The fourth-order valence-corrected chi connectivity index (χ4v) is 3.47. The van der Waals surface area contributed by atoms with Crippen LogP contribution in [-0.2, 0) is 17.8 Å². The highest BCUT2D eigenvalue weighted by Gasteiger charge is 2.19. The molecule has 0 radical (unpaired) electrons. The van der Waals surface area contributed by atoms with Crippen LogP contribution in [0.2, 0.25) is 0 Å². The van der Waals surface area contributed by atoms with Gasteiger partial charge in [0.15, 0.2) is 0 Å². The van der Waals surface area contributed by atoms with Crippen molar-refractivity contribution in [3.63, 3.8) is 0 Å². The highest BCUT2D eigenvalue weighted by Crippen LogP contribution is 2.14. The molecule has 1 fully saturated rings. The maximum Gasteiger partial charge on any atom is 0.227 e. The second-order valence-electron chi connectivity index (χ2n) is 6.62. The van der Waals surface area contributed by atoms with Crippen LogP contribution in [0.5, 0.6) is 0 Å². The van der Waals surface area contributed by atoms with Crippen LogP contribution in [0.3, 0.4) is 0 Å². The molecule has 1 saturated heterocycles. The molecule has 26 heavy (non-hydrogen) atoms. The molecule has 2 aromatic rings. The van der Waals surface area contributed by atoms with Crippen LogP contribution in [-0.4, -0.2) is 41.9 Å². The Balaban J connectivity index is 1.53. The second-order valence-corrected chi connectivity index (χ2v) is 7.54. The van der Waals surface area contributed by atoms with Gasteiger partial charge in [-0.25, -0.2) is 0 Å². The summed E-state index contributed by atoms with van der Waals surface area (Å²) in [6, 6.07) is 17.8. The molecule has 3 rings (SSSR count). The van der Waals surface area contributed by atoms with Crippen molar-refractivity contribution in [1.29, 1.82) is 5.26 Å². The van der Waals surface area contributed by atoms with Crippen molar-refractivity contribution in [2.45, 2.75) is 19.4 Å². The quantitative estimate of drug-likeness (QED) is 0.771. The van der Waals surface area contributed by atoms with Gasteiger partial charge in [0, 0.05) is 37.2 Å². The molecule has 1 aliphatic rings. The summed E-state index contributed by atoms with van der Waals surface area (Å²) in [7, 11) is 0. The fourth-order valence-electron chi connectivity index (χ4n) is 3.21. The number of carbonyl (C=O) groups is 1. The lowest BCUT2D eigenvalue weighted by Crippen LogP contribution is -2.36.